The first kappa shape index (κ1) is 22.0. The first-order chi connectivity index (χ1) is 14.5. The van der Waals surface area contributed by atoms with Gasteiger partial charge in [-0.1, -0.05) is 12.1 Å². The molecule has 0 radical (unpaired) electrons. The molecule has 2 amide bonds. The van der Waals surface area contributed by atoms with Crippen molar-refractivity contribution in [1.29, 1.82) is 0 Å². The van der Waals surface area contributed by atoms with Crippen LogP contribution in [0.3, 0.4) is 0 Å². The summed E-state index contributed by atoms with van der Waals surface area (Å²) in [6, 6.07) is 10.9. The van der Waals surface area contributed by atoms with E-state index in [9.17, 15) is 9.59 Å². The van der Waals surface area contributed by atoms with Gasteiger partial charge in [-0.3, -0.25) is 14.5 Å². The average molecular weight is 430 g/mol. The molecule has 8 heteroatoms. The molecule has 1 aliphatic rings. The number of nitrogens with zero attached hydrogens (tertiary/aromatic N) is 1. The summed E-state index contributed by atoms with van der Waals surface area (Å²) in [6.45, 7) is 4.89. The number of benzene rings is 2. The fraction of sp³-hybridized carbons (Fsp3) is 0.364. The van der Waals surface area contributed by atoms with E-state index in [-0.39, 0.29) is 12.5 Å². The van der Waals surface area contributed by atoms with Crippen LogP contribution in [0.25, 0.3) is 0 Å². The van der Waals surface area contributed by atoms with Gasteiger partial charge in [0.2, 0.25) is 0 Å². The number of thioether (sulfide) groups is 1. The molecule has 1 aliphatic heterocycles. The minimum absolute atomic E-state index is 0.251. The third-order valence-corrected chi connectivity index (χ3v) is 5.79. The molecule has 160 valence electrons. The molecule has 2 aromatic rings. The molecule has 0 aliphatic carbocycles. The van der Waals surface area contributed by atoms with Crippen LogP contribution in [0.5, 0.6) is 11.5 Å². The second-order valence-corrected chi connectivity index (χ2v) is 8.34. The number of carbonyl (C=O) groups excluding carboxylic acids is 2. The number of nitrogens with one attached hydrogen (secondary N) is 1. The van der Waals surface area contributed by atoms with E-state index in [2.05, 4.69) is 22.3 Å². The summed E-state index contributed by atoms with van der Waals surface area (Å²) in [4.78, 5) is 26.1. The van der Waals surface area contributed by atoms with Gasteiger partial charge in [0.05, 0.1) is 7.11 Å². The average Bonchev–Trinajstić information content (AvgIpc) is 2.74. The second-order valence-electron chi connectivity index (χ2n) is 7.11. The van der Waals surface area contributed by atoms with Crippen LogP contribution in [0.15, 0.2) is 36.4 Å². The summed E-state index contributed by atoms with van der Waals surface area (Å²) in [7, 11) is 1.47. The predicted molar refractivity (Wildman–Crippen MR) is 119 cm³/mol. The van der Waals surface area contributed by atoms with E-state index in [1.165, 1.54) is 24.2 Å². The summed E-state index contributed by atoms with van der Waals surface area (Å²) < 4.78 is 10.6. The Morgan fingerprint density at radius 3 is 2.57 bits per heavy atom. The van der Waals surface area contributed by atoms with Gasteiger partial charge in [-0.2, -0.15) is 11.8 Å². The van der Waals surface area contributed by atoms with E-state index >= 15 is 0 Å². The van der Waals surface area contributed by atoms with E-state index in [1.54, 1.807) is 18.2 Å². The molecule has 0 aromatic heterocycles. The van der Waals surface area contributed by atoms with E-state index in [4.69, 9.17) is 15.2 Å². The van der Waals surface area contributed by atoms with Crippen molar-refractivity contribution in [3.05, 3.63) is 53.1 Å². The van der Waals surface area contributed by atoms with Gasteiger partial charge < -0.3 is 20.5 Å². The standard InChI is InChI=1S/C22H27N3O4S/c1-15-11-16(13-25-7-9-30-10-8-25)3-5-18(15)24-22(27)17-4-6-19(20(12-17)28-2)29-14-21(23)26/h3-6,11-12H,7-10,13-14H2,1-2H3,(H2,23,26)(H,24,27). The van der Waals surface area contributed by atoms with Crippen LogP contribution in [0.2, 0.25) is 0 Å². The largest absolute Gasteiger partial charge is 0.493 e. The topological polar surface area (TPSA) is 93.9 Å². The lowest BCUT2D eigenvalue weighted by atomic mass is 10.1. The van der Waals surface area contributed by atoms with E-state index in [0.717, 1.165) is 30.9 Å². The molecular formula is C22H27N3O4S. The lowest BCUT2D eigenvalue weighted by molar-refractivity contribution is -0.119. The number of ether oxygens (including phenoxy) is 2. The van der Waals surface area contributed by atoms with Crippen LogP contribution in [0.1, 0.15) is 21.5 Å². The zero-order valence-corrected chi connectivity index (χ0v) is 18.1. The lowest BCUT2D eigenvalue weighted by Gasteiger charge is -2.26. The second kappa shape index (κ2) is 10.4. The Morgan fingerprint density at radius 1 is 1.13 bits per heavy atom. The van der Waals surface area contributed by atoms with Gasteiger partial charge in [-0.05, 0) is 42.3 Å². The molecule has 2 aromatic carbocycles. The fourth-order valence-corrected chi connectivity index (χ4v) is 4.23. The maximum atomic E-state index is 12.7. The molecule has 1 fully saturated rings. The Labute approximate surface area is 180 Å². The molecule has 0 atom stereocenters. The van der Waals surface area contributed by atoms with Gasteiger partial charge in [0.1, 0.15) is 0 Å². The number of primary amides is 1. The summed E-state index contributed by atoms with van der Waals surface area (Å²) in [5.41, 5.74) is 8.55. The fourth-order valence-electron chi connectivity index (χ4n) is 3.25. The number of hydrogen-bond donors (Lipinski definition) is 2. The number of amides is 2. The van der Waals surface area contributed by atoms with Crippen LogP contribution >= 0.6 is 11.8 Å². The SMILES string of the molecule is COc1cc(C(=O)Nc2ccc(CN3CCSCC3)cc2C)ccc1OCC(N)=O. The number of nitrogens with two attached hydrogens (primary N) is 1. The van der Waals surface area contributed by atoms with Gasteiger partial charge >= 0.3 is 0 Å². The summed E-state index contributed by atoms with van der Waals surface area (Å²) in [5.74, 6) is 2.24. The van der Waals surface area contributed by atoms with E-state index < -0.39 is 5.91 Å². The van der Waals surface area contributed by atoms with Crippen LogP contribution < -0.4 is 20.5 Å². The zero-order chi connectivity index (χ0) is 21.5. The Balaban J connectivity index is 1.66. The van der Waals surface area contributed by atoms with Crippen molar-refractivity contribution in [2.75, 3.05) is 43.6 Å². The van der Waals surface area contributed by atoms with E-state index in [1.807, 2.05) is 24.8 Å². The van der Waals surface area contributed by atoms with Crippen molar-refractivity contribution >= 4 is 29.3 Å². The molecule has 30 heavy (non-hydrogen) atoms. The third kappa shape index (κ3) is 5.90. The number of carbonyl (C=O) groups is 2. The van der Waals surface area contributed by atoms with Gasteiger partial charge in [0.25, 0.3) is 11.8 Å². The van der Waals surface area contributed by atoms with Crippen molar-refractivity contribution < 1.29 is 19.1 Å². The molecule has 1 heterocycles. The van der Waals surface area contributed by atoms with Crippen molar-refractivity contribution in [2.45, 2.75) is 13.5 Å². The molecule has 0 unspecified atom stereocenters. The highest BCUT2D eigenvalue weighted by Crippen LogP contribution is 2.28. The van der Waals surface area contributed by atoms with Gasteiger partial charge in [-0.25, -0.2) is 0 Å². The lowest BCUT2D eigenvalue weighted by Crippen LogP contribution is -2.31. The Bertz CT molecular complexity index is 913. The normalized spacial score (nSPS) is 14.2. The molecule has 7 nitrogen and oxygen atoms in total. The highest BCUT2D eigenvalue weighted by molar-refractivity contribution is 7.99. The number of methoxy groups -OCH3 is 1. The first-order valence-electron chi connectivity index (χ1n) is 9.76. The van der Waals surface area contributed by atoms with Crippen LogP contribution in [-0.2, 0) is 11.3 Å². The summed E-state index contributed by atoms with van der Waals surface area (Å²) >= 11 is 2.00. The molecule has 0 bridgehead atoms. The van der Waals surface area contributed by atoms with Crippen LogP contribution in [-0.4, -0.2) is 55.0 Å². The number of aryl methyl sites for hydroxylation is 1. The Hall–Kier alpha value is -2.71. The third-order valence-electron chi connectivity index (χ3n) is 4.84. The molecule has 3 rings (SSSR count). The number of hydrogen-bond acceptors (Lipinski definition) is 6. The first-order valence-corrected chi connectivity index (χ1v) is 10.9. The van der Waals surface area contributed by atoms with Crippen molar-refractivity contribution in [3.63, 3.8) is 0 Å². The zero-order valence-electron chi connectivity index (χ0n) is 17.3. The maximum Gasteiger partial charge on any atom is 0.255 e. The molecule has 3 N–H and O–H groups in total. The quantitative estimate of drug-likeness (QED) is 0.670. The van der Waals surface area contributed by atoms with E-state index in [0.29, 0.717) is 17.1 Å². The minimum atomic E-state index is -0.586. The highest BCUT2D eigenvalue weighted by atomic mass is 32.2. The summed E-state index contributed by atoms with van der Waals surface area (Å²) in [5, 5.41) is 2.95. The smallest absolute Gasteiger partial charge is 0.255 e. The Morgan fingerprint density at radius 2 is 1.90 bits per heavy atom. The van der Waals surface area contributed by atoms with Crippen molar-refractivity contribution in [2.24, 2.45) is 5.73 Å². The Kier molecular flexibility index (Phi) is 7.59. The van der Waals surface area contributed by atoms with Crippen molar-refractivity contribution in [3.8, 4) is 11.5 Å². The minimum Gasteiger partial charge on any atom is -0.493 e. The summed E-state index contributed by atoms with van der Waals surface area (Å²) in [6.07, 6.45) is 0. The number of rotatable bonds is 8. The number of anilines is 1. The van der Waals surface area contributed by atoms with Gasteiger partial charge in [0, 0.05) is 42.4 Å². The monoisotopic (exact) mass is 429 g/mol. The maximum absolute atomic E-state index is 12.7. The highest BCUT2D eigenvalue weighted by Gasteiger charge is 2.14. The molecular weight excluding hydrogens is 402 g/mol. The van der Waals surface area contributed by atoms with Crippen LogP contribution in [0, 0.1) is 6.92 Å². The van der Waals surface area contributed by atoms with Crippen molar-refractivity contribution in [1.82, 2.24) is 4.90 Å². The van der Waals surface area contributed by atoms with Gasteiger partial charge in [0.15, 0.2) is 18.1 Å². The molecule has 0 saturated carbocycles. The molecule has 0 spiro atoms. The predicted octanol–water partition coefficient (Wildman–Crippen LogP) is 2.67. The van der Waals surface area contributed by atoms with Gasteiger partial charge in [-0.15, -0.1) is 0 Å². The van der Waals surface area contributed by atoms with Crippen LogP contribution in [0.4, 0.5) is 5.69 Å². The molecule has 1 saturated heterocycles.